The van der Waals surface area contributed by atoms with Crippen LogP contribution >= 0.6 is 11.3 Å². The molecule has 5 heteroatoms. The lowest BCUT2D eigenvalue weighted by Gasteiger charge is -2.23. The number of amides is 2. The van der Waals surface area contributed by atoms with Crippen LogP contribution in [0.15, 0.2) is 77.5 Å². The third-order valence-corrected chi connectivity index (χ3v) is 4.87. The molecular formula is C22H22N2O2S. The van der Waals surface area contributed by atoms with Gasteiger partial charge in [-0.15, -0.1) is 0 Å². The summed E-state index contributed by atoms with van der Waals surface area (Å²) in [4.78, 5) is 26.6. The zero-order chi connectivity index (χ0) is 18.9. The van der Waals surface area contributed by atoms with Gasteiger partial charge in [-0.1, -0.05) is 48.5 Å². The first-order valence-electron chi connectivity index (χ1n) is 8.94. The Morgan fingerprint density at radius 2 is 1.63 bits per heavy atom. The van der Waals surface area contributed by atoms with Crippen molar-refractivity contribution >= 4 is 28.8 Å². The number of anilines is 1. The van der Waals surface area contributed by atoms with Crippen molar-refractivity contribution in [1.29, 1.82) is 0 Å². The van der Waals surface area contributed by atoms with Gasteiger partial charge in [-0.25, -0.2) is 0 Å². The molecule has 0 aliphatic carbocycles. The van der Waals surface area contributed by atoms with E-state index in [-0.39, 0.29) is 11.8 Å². The van der Waals surface area contributed by atoms with E-state index in [9.17, 15) is 9.59 Å². The van der Waals surface area contributed by atoms with Gasteiger partial charge in [0, 0.05) is 29.6 Å². The van der Waals surface area contributed by atoms with E-state index in [1.54, 1.807) is 11.0 Å². The highest BCUT2D eigenvalue weighted by atomic mass is 32.1. The van der Waals surface area contributed by atoms with Crippen molar-refractivity contribution in [2.75, 3.05) is 11.4 Å². The monoisotopic (exact) mass is 378 g/mol. The van der Waals surface area contributed by atoms with Crippen molar-refractivity contribution < 1.29 is 9.59 Å². The number of para-hydroxylation sites is 1. The second kappa shape index (κ2) is 9.69. The van der Waals surface area contributed by atoms with Crippen LogP contribution in [0.25, 0.3) is 0 Å². The van der Waals surface area contributed by atoms with Crippen LogP contribution in [0.2, 0.25) is 0 Å². The molecule has 4 nitrogen and oxygen atoms in total. The molecule has 2 aromatic carbocycles. The lowest BCUT2D eigenvalue weighted by atomic mass is 10.1. The number of rotatable bonds is 8. The SMILES string of the molecule is O=C(NCCCC(=O)N(Cc1ccccc1)c1ccccc1)c1ccsc1. The first-order valence-corrected chi connectivity index (χ1v) is 9.88. The zero-order valence-corrected chi connectivity index (χ0v) is 15.8. The summed E-state index contributed by atoms with van der Waals surface area (Å²) in [6, 6.07) is 21.4. The van der Waals surface area contributed by atoms with Crippen LogP contribution in [0.4, 0.5) is 5.69 Å². The summed E-state index contributed by atoms with van der Waals surface area (Å²) in [6.07, 6.45) is 0.985. The van der Waals surface area contributed by atoms with E-state index in [0.29, 0.717) is 31.5 Å². The van der Waals surface area contributed by atoms with Gasteiger partial charge in [-0.3, -0.25) is 9.59 Å². The molecule has 1 heterocycles. The maximum atomic E-state index is 12.8. The van der Waals surface area contributed by atoms with Crippen LogP contribution < -0.4 is 10.2 Å². The molecule has 3 rings (SSSR count). The molecule has 0 saturated heterocycles. The number of hydrogen-bond donors (Lipinski definition) is 1. The van der Waals surface area contributed by atoms with Crippen molar-refractivity contribution in [2.45, 2.75) is 19.4 Å². The molecule has 0 saturated carbocycles. The average molecular weight is 378 g/mol. The smallest absolute Gasteiger partial charge is 0.252 e. The quantitative estimate of drug-likeness (QED) is 0.587. The number of carbonyl (C=O) groups excluding carboxylic acids is 2. The van der Waals surface area contributed by atoms with Crippen molar-refractivity contribution in [3.05, 3.63) is 88.6 Å². The minimum atomic E-state index is -0.0899. The summed E-state index contributed by atoms with van der Waals surface area (Å²) >= 11 is 1.49. The van der Waals surface area contributed by atoms with Crippen molar-refractivity contribution in [1.82, 2.24) is 5.32 Å². The number of carbonyl (C=O) groups is 2. The molecule has 0 fully saturated rings. The second-order valence-corrected chi connectivity index (χ2v) is 6.95. The molecule has 0 unspecified atom stereocenters. The second-order valence-electron chi connectivity index (χ2n) is 6.17. The van der Waals surface area contributed by atoms with Crippen molar-refractivity contribution in [2.24, 2.45) is 0 Å². The van der Waals surface area contributed by atoms with E-state index in [1.807, 2.05) is 71.4 Å². The van der Waals surface area contributed by atoms with Crippen LogP contribution in [0.3, 0.4) is 0 Å². The van der Waals surface area contributed by atoms with Gasteiger partial charge in [0.1, 0.15) is 0 Å². The zero-order valence-electron chi connectivity index (χ0n) is 15.0. The van der Waals surface area contributed by atoms with Gasteiger partial charge in [0.05, 0.1) is 6.54 Å². The van der Waals surface area contributed by atoms with Crippen LogP contribution in [0.5, 0.6) is 0 Å². The van der Waals surface area contributed by atoms with E-state index in [2.05, 4.69) is 5.32 Å². The van der Waals surface area contributed by atoms with E-state index in [4.69, 9.17) is 0 Å². The third kappa shape index (κ3) is 5.53. The molecule has 3 aromatic rings. The molecule has 0 radical (unpaired) electrons. The summed E-state index contributed by atoms with van der Waals surface area (Å²) in [6.45, 7) is 1.01. The Kier molecular flexibility index (Phi) is 6.77. The average Bonchev–Trinajstić information content (AvgIpc) is 3.25. The number of hydrogen-bond acceptors (Lipinski definition) is 3. The highest BCUT2D eigenvalue weighted by Gasteiger charge is 2.16. The van der Waals surface area contributed by atoms with Crippen LogP contribution in [0, 0.1) is 0 Å². The highest BCUT2D eigenvalue weighted by Crippen LogP contribution is 2.18. The molecule has 2 amide bonds. The maximum Gasteiger partial charge on any atom is 0.252 e. The fraction of sp³-hybridized carbons (Fsp3) is 0.182. The van der Waals surface area contributed by atoms with Crippen molar-refractivity contribution in [3.63, 3.8) is 0 Å². The van der Waals surface area contributed by atoms with Gasteiger partial charge in [-0.05, 0) is 35.6 Å². The van der Waals surface area contributed by atoms with Gasteiger partial charge >= 0.3 is 0 Å². The van der Waals surface area contributed by atoms with Crippen LogP contribution in [-0.4, -0.2) is 18.4 Å². The molecule has 27 heavy (non-hydrogen) atoms. The number of benzene rings is 2. The first-order chi connectivity index (χ1) is 13.2. The van der Waals surface area contributed by atoms with E-state index < -0.39 is 0 Å². The summed E-state index contributed by atoms with van der Waals surface area (Å²) in [5.41, 5.74) is 2.63. The fourth-order valence-corrected chi connectivity index (χ4v) is 3.41. The topological polar surface area (TPSA) is 49.4 Å². The van der Waals surface area contributed by atoms with E-state index in [0.717, 1.165) is 11.3 Å². The number of nitrogens with one attached hydrogen (secondary N) is 1. The minimum Gasteiger partial charge on any atom is -0.352 e. The molecule has 0 aliphatic heterocycles. The Hall–Kier alpha value is -2.92. The molecule has 0 atom stereocenters. The van der Waals surface area contributed by atoms with Gasteiger partial charge in [0.25, 0.3) is 5.91 Å². The Morgan fingerprint density at radius 3 is 2.30 bits per heavy atom. The lowest BCUT2D eigenvalue weighted by molar-refractivity contribution is -0.118. The number of thiophene rings is 1. The standard InChI is InChI=1S/C22H22N2O2S/c25-21(12-7-14-23-22(26)19-13-15-27-17-19)24(20-10-5-2-6-11-20)16-18-8-3-1-4-9-18/h1-6,8-11,13,15,17H,7,12,14,16H2,(H,23,26). The Bertz CT molecular complexity index is 849. The Balaban J connectivity index is 1.57. The third-order valence-electron chi connectivity index (χ3n) is 4.19. The predicted molar refractivity (Wildman–Crippen MR) is 110 cm³/mol. The molecule has 0 spiro atoms. The Morgan fingerprint density at radius 1 is 0.926 bits per heavy atom. The normalized spacial score (nSPS) is 10.4. The summed E-state index contributed by atoms with van der Waals surface area (Å²) in [7, 11) is 0. The largest absolute Gasteiger partial charge is 0.352 e. The predicted octanol–water partition coefficient (Wildman–Crippen LogP) is 4.49. The van der Waals surface area contributed by atoms with Gasteiger partial charge in [0.15, 0.2) is 0 Å². The van der Waals surface area contributed by atoms with E-state index in [1.165, 1.54) is 11.3 Å². The minimum absolute atomic E-state index is 0.0508. The summed E-state index contributed by atoms with van der Waals surface area (Å²) in [5.74, 6) is -0.0391. The van der Waals surface area contributed by atoms with Gasteiger partial charge in [-0.2, -0.15) is 11.3 Å². The molecule has 138 valence electrons. The lowest BCUT2D eigenvalue weighted by Crippen LogP contribution is -2.31. The summed E-state index contributed by atoms with van der Waals surface area (Å²) < 4.78 is 0. The van der Waals surface area contributed by atoms with Crippen molar-refractivity contribution in [3.8, 4) is 0 Å². The first kappa shape index (κ1) is 18.9. The highest BCUT2D eigenvalue weighted by molar-refractivity contribution is 7.08. The maximum absolute atomic E-state index is 12.8. The van der Waals surface area contributed by atoms with E-state index >= 15 is 0 Å². The molecule has 1 N–H and O–H groups in total. The molecular weight excluding hydrogens is 356 g/mol. The molecule has 1 aromatic heterocycles. The van der Waals surface area contributed by atoms with Crippen LogP contribution in [0.1, 0.15) is 28.8 Å². The van der Waals surface area contributed by atoms with Gasteiger partial charge in [0.2, 0.25) is 5.91 Å². The fourth-order valence-electron chi connectivity index (χ4n) is 2.77. The molecule has 0 bridgehead atoms. The molecule has 0 aliphatic rings. The van der Waals surface area contributed by atoms with Gasteiger partial charge < -0.3 is 10.2 Å². The summed E-state index contributed by atoms with van der Waals surface area (Å²) in [5, 5.41) is 6.56. The number of nitrogens with zero attached hydrogens (tertiary/aromatic N) is 1. The Labute approximate surface area is 163 Å². The van der Waals surface area contributed by atoms with Crippen LogP contribution in [-0.2, 0) is 11.3 Å².